The second-order valence-electron chi connectivity index (χ2n) is 3.31. The van der Waals surface area contributed by atoms with Gasteiger partial charge in [-0.05, 0) is 40.2 Å². The zero-order valence-electron chi connectivity index (χ0n) is 9.05. The highest BCUT2D eigenvalue weighted by Gasteiger charge is 2.03. The summed E-state index contributed by atoms with van der Waals surface area (Å²) in [5.74, 6) is 0.339. The van der Waals surface area contributed by atoms with E-state index in [2.05, 4.69) is 37.3 Å². The van der Waals surface area contributed by atoms with E-state index in [1.54, 1.807) is 18.2 Å². The topological polar surface area (TPSA) is 85.4 Å². The van der Waals surface area contributed by atoms with E-state index < -0.39 is 0 Å². The minimum Gasteiger partial charge on any atom is -0.324 e. The molecule has 0 aliphatic heterocycles. The molecule has 2 rings (SSSR count). The molecule has 2 aromatic rings. The first-order valence-corrected chi connectivity index (χ1v) is 5.72. The number of nitriles is 2. The molecule has 0 fully saturated rings. The molecule has 0 unspecified atom stereocenters. The maximum atomic E-state index is 8.81. The molecule has 0 spiro atoms. The molecule has 0 amide bonds. The standard InChI is InChI=1S/C12H6BrN5/c13-11-5-9(2-1-8(11)6-14)17-12-16-4-3-10(7-15)18-12/h1-5H,(H,16,17,18). The quantitative estimate of drug-likeness (QED) is 0.921. The van der Waals surface area contributed by atoms with Crippen molar-refractivity contribution in [2.24, 2.45) is 0 Å². The van der Waals surface area contributed by atoms with Crippen LogP contribution in [-0.2, 0) is 0 Å². The van der Waals surface area contributed by atoms with Gasteiger partial charge in [-0.3, -0.25) is 0 Å². The van der Waals surface area contributed by atoms with Crippen molar-refractivity contribution in [2.45, 2.75) is 0 Å². The van der Waals surface area contributed by atoms with Gasteiger partial charge in [0.05, 0.1) is 5.56 Å². The van der Waals surface area contributed by atoms with Crippen molar-refractivity contribution in [3.8, 4) is 12.1 Å². The smallest absolute Gasteiger partial charge is 0.228 e. The summed E-state index contributed by atoms with van der Waals surface area (Å²) in [4.78, 5) is 8.00. The molecule has 0 aliphatic carbocycles. The van der Waals surface area contributed by atoms with Crippen LogP contribution in [0.4, 0.5) is 11.6 Å². The van der Waals surface area contributed by atoms with Gasteiger partial charge in [-0.25, -0.2) is 9.97 Å². The summed E-state index contributed by atoms with van der Waals surface area (Å²) in [5, 5.41) is 20.5. The van der Waals surface area contributed by atoms with E-state index in [1.807, 2.05) is 6.07 Å². The van der Waals surface area contributed by atoms with E-state index in [0.29, 0.717) is 21.7 Å². The maximum Gasteiger partial charge on any atom is 0.228 e. The van der Waals surface area contributed by atoms with Crippen LogP contribution in [0.15, 0.2) is 34.9 Å². The number of hydrogen-bond donors (Lipinski definition) is 1. The molecule has 0 radical (unpaired) electrons. The zero-order chi connectivity index (χ0) is 13.0. The second kappa shape index (κ2) is 5.26. The van der Waals surface area contributed by atoms with E-state index in [1.165, 1.54) is 12.3 Å². The monoisotopic (exact) mass is 299 g/mol. The van der Waals surface area contributed by atoms with Gasteiger partial charge in [0.1, 0.15) is 17.8 Å². The van der Waals surface area contributed by atoms with E-state index in [4.69, 9.17) is 10.5 Å². The van der Waals surface area contributed by atoms with Gasteiger partial charge in [-0.15, -0.1) is 0 Å². The number of hydrogen-bond acceptors (Lipinski definition) is 5. The van der Waals surface area contributed by atoms with Gasteiger partial charge in [-0.1, -0.05) is 0 Å². The average molecular weight is 300 g/mol. The van der Waals surface area contributed by atoms with Crippen molar-refractivity contribution in [3.63, 3.8) is 0 Å². The molecule has 0 aliphatic rings. The van der Waals surface area contributed by atoms with Crippen molar-refractivity contribution < 1.29 is 0 Å². The van der Waals surface area contributed by atoms with E-state index in [9.17, 15) is 0 Å². The summed E-state index contributed by atoms with van der Waals surface area (Å²) in [5.41, 5.74) is 1.57. The maximum absolute atomic E-state index is 8.81. The van der Waals surface area contributed by atoms with Crippen molar-refractivity contribution in [1.82, 2.24) is 9.97 Å². The van der Waals surface area contributed by atoms with Gasteiger partial charge < -0.3 is 5.32 Å². The molecule has 0 saturated heterocycles. The summed E-state index contributed by atoms with van der Waals surface area (Å²) in [6, 6.07) is 10.7. The van der Waals surface area contributed by atoms with Crippen LogP contribution in [0.5, 0.6) is 0 Å². The third kappa shape index (κ3) is 2.62. The fraction of sp³-hybridized carbons (Fsp3) is 0. The highest BCUT2D eigenvalue weighted by molar-refractivity contribution is 9.10. The zero-order valence-corrected chi connectivity index (χ0v) is 10.6. The Balaban J connectivity index is 2.27. The first kappa shape index (κ1) is 12.0. The van der Waals surface area contributed by atoms with Crippen LogP contribution in [-0.4, -0.2) is 9.97 Å². The SMILES string of the molecule is N#Cc1ccnc(Nc2ccc(C#N)c(Br)c2)n1. The van der Waals surface area contributed by atoms with Crippen LogP contribution in [0.3, 0.4) is 0 Å². The van der Waals surface area contributed by atoms with Gasteiger partial charge in [0.15, 0.2) is 0 Å². The minimum atomic E-state index is 0.292. The predicted molar refractivity (Wildman–Crippen MR) is 68.9 cm³/mol. The summed E-state index contributed by atoms with van der Waals surface area (Å²) in [6.45, 7) is 0. The number of nitrogens with zero attached hydrogens (tertiary/aromatic N) is 4. The molecule has 0 bridgehead atoms. The predicted octanol–water partition coefficient (Wildman–Crippen LogP) is 2.73. The van der Waals surface area contributed by atoms with Crippen LogP contribution in [0.2, 0.25) is 0 Å². The van der Waals surface area contributed by atoms with Gasteiger partial charge in [0.2, 0.25) is 5.95 Å². The Hall–Kier alpha value is -2.44. The largest absolute Gasteiger partial charge is 0.324 e. The molecular weight excluding hydrogens is 294 g/mol. The Morgan fingerprint density at radius 3 is 2.67 bits per heavy atom. The summed E-state index contributed by atoms with van der Waals surface area (Å²) < 4.78 is 0.687. The molecule has 0 saturated carbocycles. The van der Waals surface area contributed by atoms with Crippen LogP contribution in [0.25, 0.3) is 0 Å². The number of nitrogens with one attached hydrogen (secondary N) is 1. The molecule has 0 atom stereocenters. The van der Waals surface area contributed by atoms with Crippen molar-refractivity contribution >= 4 is 27.6 Å². The van der Waals surface area contributed by atoms with Crippen molar-refractivity contribution in [3.05, 3.63) is 46.2 Å². The Morgan fingerprint density at radius 2 is 2.00 bits per heavy atom. The number of halogens is 1. The lowest BCUT2D eigenvalue weighted by molar-refractivity contribution is 1.14. The molecule has 6 heteroatoms. The molecule has 1 heterocycles. The Morgan fingerprint density at radius 1 is 1.17 bits per heavy atom. The number of benzene rings is 1. The molecule has 1 aromatic carbocycles. The van der Waals surface area contributed by atoms with Gasteiger partial charge in [0, 0.05) is 16.4 Å². The molecule has 86 valence electrons. The van der Waals surface area contributed by atoms with E-state index in [-0.39, 0.29) is 0 Å². The van der Waals surface area contributed by atoms with Crippen LogP contribution in [0.1, 0.15) is 11.3 Å². The van der Waals surface area contributed by atoms with E-state index in [0.717, 1.165) is 5.69 Å². The number of anilines is 2. The average Bonchev–Trinajstić information content (AvgIpc) is 2.39. The fourth-order valence-corrected chi connectivity index (χ4v) is 1.76. The van der Waals surface area contributed by atoms with Gasteiger partial charge >= 0.3 is 0 Å². The molecule has 18 heavy (non-hydrogen) atoms. The summed E-state index contributed by atoms with van der Waals surface area (Å²) in [7, 11) is 0. The first-order chi connectivity index (χ1) is 8.72. The van der Waals surface area contributed by atoms with Gasteiger partial charge in [0.25, 0.3) is 0 Å². The van der Waals surface area contributed by atoms with Crippen LogP contribution >= 0.6 is 15.9 Å². The lowest BCUT2D eigenvalue weighted by Crippen LogP contribution is -1.98. The lowest BCUT2D eigenvalue weighted by Gasteiger charge is -2.05. The third-order valence-corrected chi connectivity index (χ3v) is 2.77. The highest BCUT2D eigenvalue weighted by atomic mass is 79.9. The highest BCUT2D eigenvalue weighted by Crippen LogP contribution is 2.22. The van der Waals surface area contributed by atoms with Crippen molar-refractivity contribution in [1.29, 1.82) is 10.5 Å². The summed E-state index contributed by atoms with van der Waals surface area (Å²) >= 11 is 3.29. The molecular formula is C12H6BrN5. The Kier molecular flexibility index (Phi) is 3.52. The number of aromatic nitrogens is 2. The molecule has 1 aromatic heterocycles. The second-order valence-corrected chi connectivity index (χ2v) is 4.16. The minimum absolute atomic E-state index is 0.292. The summed E-state index contributed by atoms with van der Waals surface area (Å²) in [6.07, 6.45) is 1.51. The molecule has 5 nitrogen and oxygen atoms in total. The molecule has 1 N–H and O–H groups in total. The fourth-order valence-electron chi connectivity index (χ4n) is 1.29. The lowest BCUT2D eigenvalue weighted by atomic mass is 10.2. The van der Waals surface area contributed by atoms with Crippen molar-refractivity contribution in [2.75, 3.05) is 5.32 Å². The van der Waals surface area contributed by atoms with Gasteiger partial charge in [-0.2, -0.15) is 10.5 Å². The first-order valence-electron chi connectivity index (χ1n) is 4.93. The third-order valence-electron chi connectivity index (χ3n) is 2.12. The van der Waals surface area contributed by atoms with Crippen LogP contribution in [0, 0.1) is 22.7 Å². The van der Waals surface area contributed by atoms with E-state index >= 15 is 0 Å². The van der Waals surface area contributed by atoms with Crippen LogP contribution < -0.4 is 5.32 Å². The Bertz CT molecular complexity index is 669. The Labute approximate surface area is 112 Å². The number of rotatable bonds is 2. The normalized spacial score (nSPS) is 9.28.